The molecule has 0 saturated carbocycles. The van der Waals surface area contributed by atoms with Crippen LogP contribution in [0.1, 0.15) is 38.3 Å². The predicted octanol–water partition coefficient (Wildman–Crippen LogP) is 3.54. The van der Waals surface area contributed by atoms with Gasteiger partial charge in [-0.05, 0) is 30.9 Å². The maximum Gasteiger partial charge on any atom is 0.121 e. The van der Waals surface area contributed by atoms with Crippen LogP contribution in [0, 0.1) is 5.92 Å². The van der Waals surface area contributed by atoms with Crippen molar-refractivity contribution >= 4 is 15.9 Å². The van der Waals surface area contributed by atoms with Crippen LogP contribution in [0.4, 0.5) is 0 Å². The molecule has 0 aliphatic carbocycles. The second kappa shape index (κ2) is 7.43. The Morgan fingerprint density at radius 1 is 1.25 bits per heavy atom. The largest absolute Gasteiger partial charge is 0.508 e. The molecule has 20 heavy (non-hydrogen) atoms. The standard InChI is InChI=1S/C16H25BrN2O/c1-12(2)3-6-15(19-9-7-18-8-10-19)14-5-4-13(17)11-16(14)20/h4-5,11-12,15,18,20H,3,6-10H2,1-2H3/t15-/m1/s1. The van der Waals surface area contributed by atoms with Crippen LogP contribution in [0.15, 0.2) is 22.7 Å². The normalized spacial score (nSPS) is 18.4. The first-order valence-corrected chi connectivity index (χ1v) is 8.30. The summed E-state index contributed by atoms with van der Waals surface area (Å²) in [6.45, 7) is 8.70. The number of rotatable bonds is 5. The smallest absolute Gasteiger partial charge is 0.121 e. The SMILES string of the molecule is CC(C)CC[C@H](c1ccc(Br)cc1O)N1CCNCC1. The van der Waals surface area contributed by atoms with Gasteiger partial charge in [0.1, 0.15) is 5.75 Å². The maximum absolute atomic E-state index is 10.3. The van der Waals surface area contributed by atoms with Crippen LogP contribution in [0.3, 0.4) is 0 Å². The number of hydrogen-bond donors (Lipinski definition) is 2. The minimum atomic E-state index is 0.326. The maximum atomic E-state index is 10.3. The fraction of sp³-hybridized carbons (Fsp3) is 0.625. The highest BCUT2D eigenvalue weighted by Crippen LogP contribution is 2.34. The summed E-state index contributed by atoms with van der Waals surface area (Å²) >= 11 is 3.42. The molecule has 1 saturated heterocycles. The average molecular weight is 341 g/mol. The number of nitrogens with one attached hydrogen (secondary N) is 1. The van der Waals surface area contributed by atoms with Crippen molar-refractivity contribution in [3.05, 3.63) is 28.2 Å². The molecule has 1 fully saturated rings. The quantitative estimate of drug-likeness (QED) is 0.860. The monoisotopic (exact) mass is 340 g/mol. The molecule has 0 aromatic heterocycles. The van der Waals surface area contributed by atoms with E-state index in [4.69, 9.17) is 0 Å². The van der Waals surface area contributed by atoms with Crippen LogP contribution >= 0.6 is 15.9 Å². The predicted molar refractivity (Wildman–Crippen MR) is 87.1 cm³/mol. The van der Waals surface area contributed by atoms with Gasteiger partial charge in [0.2, 0.25) is 0 Å². The van der Waals surface area contributed by atoms with E-state index in [2.05, 4.69) is 46.1 Å². The van der Waals surface area contributed by atoms with Gasteiger partial charge in [0.05, 0.1) is 0 Å². The second-order valence-corrected chi connectivity index (χ2v) is 6.89. The molecule has 2 N–H and O–H groups in total. The van der Waals surface area contributed by atoms with Gasteiger partial charge in [-0.2, -0.15) is 0 Å². The van der Waals surface area contributed by atoms with Crippen molar-refractivity contribution in [2.45, 2.75) is 32.7 Å². The Kier molecular flexibility index (Phi) is 5.87. The van der Waals surface area contributed by atoms with Crippen LogP contribution in [-0.2, 0) is 0 Å². The molecule has 3 nitrogen and oxygen atoms in total. The Hall–Kier alpha value is -0.580. The van der Waals surface area contributed by atoms with Gasteiger partial charge in [0.15, 0.2) is 0 Å². The number of piperazine rings is 1. The summed E-state index contributed by atoms with van der Waals surface area (Å²) in [5.41, 5.74) is 1.07. The van der Waals surface area contributed by atoms with E-state index in [9.17, 15) is 5.11 Å². The highest BCUT2D eigenvalue weighted by Gasteiger charge is 2.24. The van der Waals surface area contributed by atoms with Crippen molar-refractivity contribution in [2.75, 3.05) is 26.2 Å². The Labute approximate surface area is 130 Å². The molecule has 112 valence electrons. The lowest BCUT2D eigenvalue weighted by Crippen LogP contribution is -2.45. The topological polar surface area (TPSA) is 35.5 Å². The Bertz CT molecular complexity index is 430. The molecular formula is C16H25BrN2O. The van der Waals surface area contributed by atoms with Gasteiger partial charge in [-0.3, -0.25) is 4.90 Å². The molecule has 0 unspecified atom stereocenters. The third-order valence-electron chi connectivity index (χ3n) is 3.96. The zero-order valence-electron chi connectivity index (χ0n) is 12.4. The zero-order chi connectivity index (χ0) is 14.5. The fourth-order valence-corrected chi connectivity index (χ4v) is 3.17. The third-order valence-corrected chi connectivity index (χ3v) is 4.45. The molecule has 1 aromatic rings. The molecule has 0 bridgehead atoms. The van der Waals surface area contributed by atoms with E-state index in [-0.39, 0.29) is 0 Å². The first-order chi connectivity index (χ1) is 9.58. The summed E-state index contributed by atoms with van der Waals surface area (Å²) < 4.78 is 0.932. The number of benzene rings is 1. The molecule has 0 amide bonds. The van der Waals surface area contributed by atoms with Crippen molar-refractivity contribution < 1.29 is 5.11 Å². The molecule has 1 aromatic carbocycles. The highest BCUT2D eigenvalue weighted by molar-refractivity contribution is 9.10. The molecule has 4 heteroatoms. The molecular weight excluding hydrogens is 316 g/mol. The molecule has 0 spiro atoms. The van der Waals surface area contributed by atoms with E-state index in [1.165, 1.54) is 6.42 Å². The summed E-state index contributed by atoms with van der Waals surface area (Å²) in [5, 5.41) is 13.7. The lowest BCUT2D eigenvalue weighted by atomic mass is 9.95. The third kappa shape index (κ3) is 4.21. The van der Waals surface area contributed by atoms with Crippen molar-refractivity contribution in [1.82, 2.24) is 10.2 Å². The number of aromatic hydroxyl groups is 1. The van der Waals surface area contributed by atoms with E-state index < -0.39 is 0 Å². The van der Waals surface area contributed by atoms with E-state index in [0.717, 1.165) is 42.6 Å². The minimum absolute atomic E-state index is 0.326. The van der Waals surface area contributed by atoms with Crippen LogP contribution in [0.25, 0.3) is 0 Å². The number of hydrogen-bond acceptors (Lipinski definition) is 3. The molecule has 2 rings (SSSR count). The Morgan fingerprint density at radius 2 is 1.95 bits per heavy atom. The number of phenols is 1. The van der Waals surface area contributed by atoms with E-state index in [1.807, 2.05) is 6.07 Å². The van der Waals surface area contributed by atoms with Gasteiger partial charge in [-0.1, -0.05) is 35.8 Å². The lowest BCUT2D eigenvalue weighted by Gasteiger charge is -2.36. The summed E-state index contributed by atoms with van der Waals surface area (Å²) in [4.78, 5) is 2.50. The number of phenolic OH excluding ortho intramolecular Hbond substituents is 1. The van der Waals surface area contributed by atoms with Gasteiger partial charge >= 0.3 is 0 Å². The van der Waals surface area contributed by atoms with E-state index in [1.54, 1.807) is 6.07 Å². The summed E-state index contributed by atoms with van der Waals surface area (Å²) in [6, 6.07) is 6.22. The molecule has 1 atom stereocenters. The molecule has 1 heterocycles. The highest BCUT2D eigenvalue weighted by atomic mass is 79.9. The van der Waals surface area contributed by atoms with Crippen LogP contribution in [0.5, 0.6) is 5.75 Å². The number of nitrogens with zero attached hydrogens (tertiary/aromatic N) is 1. The van der Waals surface area contributed by atoms with Crippen molar-refractivity contribution in [1.29, 1.82) is 0 Å². The summed E-state index contributed by atoms with van der Waals surface area (Å²) in [5.74, 6) is 1.10. The number of halogens is 1. The second-order valence-electron chi connectivity index (χ2n) is 5.98. The first kappa shape index (κ1) is 15.8. The van der Waals surface area contributed by atoms with Crippen molar-refractivity contribution in [3.63, 3.8) is 0 Å². The Morgan fingerprint density at radius 3 is 2.55 bits per heavy atom. The van der Waals surface area contributed by atoms with Gasteiger partial charge in [-0.25, -0.2) is 0 Å². The molecule has 1 aliphatic rings. The Balaban J connectivity index is 2.19. The van der Waals surface area contributed by atoms with Crippen LogP contribution in [0.2, 0.25) is 0 Å². The van der Waals surface area contributed by atoms with Gasteiger partial charge in [0, 0.05) is 42.3 Å². The van der Waals surface area contributed by atoms with Crippen LogP contribution < -0.4 is 5.32 Å². The van der Waals surface area contributed by atoms with Gasteiger partial charge in [0.25, 0.3) is 0 Å². The van der Waals surface area contributed by atoms with Gasteiger partial charge < -0.3 is 10.4 Å². The first-order valence-electron chi connectivity index (χ1n) is 7.51. The summed E-state index contributed by atoms with van der Waals surface area (Å²) in [7, 11) is 0. The summed E-state index contributed by atoms with van der Waals surface area (Å²) in [6.07, 6.45) is 2.29. The van der Waals surface area contributed by atoms with Crippen LogP contribution in [-0.4, -0.2) is 36.2 Å². The molecule has 1 aliphatic heterocycles. The average Bonchev–Trinajstić information content (AvgIpc) is 2.42. The minimum Gasteiger partial charge on any atom is -0.508 e. The lowest BCUT2D eigenvalue weighted by molar-refractivity contribution is 0.157. The van der Waals surface area contributed by atoms with Crippen molar-refractivity contribution in [3.8, 4) is 5.75 Å². The fourth-order valence-electron chi connectivity index (χ4n) is 2.82. The van der Waals surface area contributed by atoms with Gasteiger partial charge in [-0.15, -0.1) is 0 Å². The van der Waals surface area contributed by atoms with E-state index in [0.29, 0.717) is 17.7 Å². The zero-order valence-corrected chi connectivity index (χ0v) is 14.0. The van der Waals surface area contributed by atoms with E-state index >= 15 is 0 Å². The van der Waals surface area contributed by atoms with Crippen molar-refractivity contribution in [2.24, 2.45) is 5.92 Å². The molecule has 0 radical (unpaired) electrons.